The van der Waals surface area contributed by atoms with Gasteiger partial charge in [-0.1, -0.05) is 6.07 Å². The molecule has 0 N–H and O–H groups in total. The summed E-state index contributed by atoms with van der Waals surface area (Å²) in [5.41, 5.74) is 3.95. The smallest absolute Gasteiger partial charge is 0.415 e. The number of rotatable bonds is 4. The zero-order chi connectivity index (χ0) is 21.5. The molecule has 5 rings (SSSR count). The maximum atomic E-state index is 13.1. The molecule has 32 heavy (non-hydrogen) atoms. The number of anilines is 2. The molecule has 4 heterocycles. The van der Waals surface area contributed by atoms with Gasteiger partial charge in [0.15, 0.2) is 0 Å². The van der Waals surface area contributed by atoms with E-state index in [9.17, 15) is 9.59 Å². The number of hydrogen-bond donors (Lipinski definition) is 0. The molecule has 0 spiro atoms. The van der Waals surface area contributed by atoms with Crippen LogP contribution in [0.3, 0.4) is 0 Å². The zero-order valence-corrected chi connectivity index (χ0v) is 19.2. The summed E-state index contributed by atoms with van der Waals surface area (Å²) in [4.78, 5) is 39.6. The van der Waals surface area contributed by atoms with E-state index in [4.69, 9.17) is 9.72 Å². The first-order valence-electron chi connectivity index (χ1n) is 10.9. The third kappa shape index (κ3) is 4.24. The van der Waals surface area contributed by atoms with Gasteiger partial charge in [0.1, 0.15) is 18.2 Å². The van der Waals surface area contributed by atoms with Gasteiger partial charge in [-0.15, -0.1) is 12.4 Å². The first kappa shape index (κ1) is 22.3. The number of nitrogens with zero attached hydrogens (tertiary/aromatic N) is 5. The van der Waals surface area contributed by atoms with Gasteiger partial charge in [-0.2, -0.15) is 0 Å². The number of carbonyl (C=O) groups is 2. The van der Waals surface area contributed by atoms with Crippen LogP contribution in [0, 0.1) is 13.8 Å². The Bertz CT molecular complexity index is 1030. The molecule has 170 valence electrons. The van der Waals surface area contributed by atoms with E-state index in [1.54, 1.807) is 12.3 Å². The molecule has 0 bridgehead atoms. The monoisotopic (exact) mass is 457 g/mol. The van der Waals surface area contributed by atoms with E-state index in [1.165, 1.54) is 28.9 Å². The minimum Gasteiger partial charge on any atom is -0.447 e. The Hall–Kier alpha value is -2.87. The number of aromatic nitrogens is 2. The molecule has 2 aliphatic heterocycles. The second-order valence-corrected chi connectivity index (χ2v) is 8.59. The van der Waals surface area contributed by atoms with Crippen LogP contribution in [0.4, 0.5) is 16.4 Å². The number of ether oxygens (including phenoxy) is 1. The normalized spacial score (nSPS) is 18.4. The van der Waals surface area contributed by atoms with Crippen LogP contribution in [0.25, 0.3) is 0 Å². The molecular weight excluding hydrogens is 430 g/mol. The molecule has 0 atom stereocenters. The van der Waals surface area contributed by atoms with Gasteiger partial charge < -0.3 is 14.5 Å². The van der Waals surface area contributed by atoms with Crippen LogP contribution in [0.15, 0.2) is 24.5 Å². The van der Waals surface area contributed by atoms with E-state index in [-0.39, 0.29) is 18.3 Å². The largest absolute Gasteiger partial charge is 0.447 e. The van der Waals surface area contributed by atoms with E-state index in [0.717, 1.165) is 24.5 Å². The third-order valence-electron chi connectivity index (χ3n) is 6.35. The SMILES string of the molecule is Cc1cc(N2CCOC2=O)ncc1C(=O)N1CCN(c2ncc(C3CC3)cc2C)CC1.Cl. The molecule has 3 fully saturated rings. The Balaban J connectivity index is 0.00000245. The molecular formula is C23H28ClN5O3. The molecule has 8 nitrogen and oxygen atoms in total. The highest BCUT2D eigenvalue weighted by Crippen LogP contribution is 2.40. The maximum Gasteiger partial charge on any atom is 0.415 e. The summed E-state index contributed by atoms with van der Waals surface area (Å²) >= 11 is 0. The standard InChI is InChI=1S/C23H27N5O3.ClH/c1-15-12-20(28-9-10-31-23(28)30)24-14-19(15)22(29)27-7-5-26(6-8-27)21-16(2)11-18(13-25-21)17-3-4-17;/h11-14,17H,3-10H2,1-2H3;1H. The molecule has 0 aromatic carbocycles. The number of cyclic esters (lactones) is 1. The number of halogens is 1. The number of aryl methyl sites for hydroxylation is 2. The van der Waals surface area contributed by atoms with Crippen molar-refractivity contribution in [3.05, 3.63) is 46.8 Å². The zero-order valence-electron chi connectivity index (χ0n) is 18.4. The summed E-state index contributed by atoms with van der Waals surface area (Å²) in [7, 11) is 0. The topological polar surface area (TPSA) is 78.9 Å². The van der Waals surface area contributed by atoms with Crippen molar-refractivity contribution in [1.29, 1.82) is 0 Å². The number of pyridine rings is 2. The predicted octanol–water partition coefficient (Wildman–Crippen LogP) is 3.31. The molecule has 0 unspecified atom stereocenters. The quantitative estimate of drug-likeness (QED) is 0.700. The van der Waals surface area contributed by atoms with Crippen molar-refractivity contribution in [3.63, 3.8) is 0 Å². The van der Waals surface area contributed by atoms with E-state index in [2.05, 4.69) is 22.9 Å². The Morgan fingerprint density at radius 1 is 1.00 bits per heavy atom. The second kappa shape index (κ2) is 8.94. The van der Waals surface area contributed by atoms with Crippen LogP contribution in [-0.4, -0.2) is 66.2 Å². The van der Waals surface area contributed by atoms with Crippen molar-refractivity contribution in [3.8, 4) is 0 Å². The summed E-state index contributed by atoms with van der Waals surface area (Å²) in [6.07, 6.45) is 5.76. The first-order chi connectivity index (χ1) is 15.0. The third-order valence-corrected chi connectivity index (χ3v) is 6.35. The molecule has 1 saturated carbocycles. The minimum absolute atomic E-state index is 0. The lowest BCUT2D eigenvalue weighted by Crippen LogP contribution is -2.49. The number of hydrogen-bond acceptors (Lipinski definition) is 6. The van der Waals surface area contributed by atoms with Gasteiger partial charge >= 0.3 is 6.09 Å². The Morgan fingerprint density at radius 3 is 2.34 bits per heavy atom. The fraction of sp³-hybridized carbons (Fsp3) is 0.478. The van der Waals surface area contributed by atoms with Crippen LogP contribution >= 0.6 is 12.4 Å². The van der Waals surface area contributed by atoms with E-state index >= 15 is 0 Å². The summed E-state index contributed by atoms with van der Waals surface area (Å²) in [6.45, 7) is 7.65. The average molecular weight is 458 g/mol. The van der Waals surface area contributed by atoms with Crippen molar-refractivity contribution in [2.75, 3.05) is 49.1 Å². The van der Waals surface area contributed by atoms with E-state index in [0.29, 0.717) is 43.5 Å². The maximum absolute atomic E-state index is 13.1. The highest BCUT2D eigenvalue weighted by molar-refractivity contribution is 5.96. The van der Waals surface area contributed by atoms with Crippen molar-refractivity contribution in [1.82, 2.24) is 14.9 Å². The fourth-order valence-electron chi connectivity index (χ4n) is 4.37. The van der Waals surface area contributed by atoms with Crippen molar-refractivity contribution in [2.45, 2.75) is 32.6 Å². The fourth-order valence-corrected chi connectivity index (χ4v) is 4.37. The Kier molecular flexibility index (Phi) is 6.24. The summed E-state index contributed by atoms with van der Waals surface area (Å²) in [5, 5.41) is 0. The van der Waals surface area contributed by atoms with Crippen molar-refractivity contribution in [2.24, 2.45) is 0 Å². The second-order valence-electron chi connectivity index (χ2n) is 8.59. The summed E-state index contributed by atoms with van der Waals surface area (Å²) in [5.74, 6) is 2.23. The predicted molar refractivity (Wildman–Crippen MR) is 124 cm³/mol. The van der Waals surface area contributed by atoms with Crippen LogP contribution in [-0.2, 0) is 4.74 Å². The number of carbonyl (C=O) groups excluding carboxylic acids is 2. The van der Waals surface area contributed by atoms with Crippen LogP contribution < -0.4 is 9.80 Å². The van der Waals surface area contributed by atoms with Crippen LogP contribution in [0.1, 0.15) is 45.8 Å². The van der Waals surface area contributed by atoms with Crippen LogP contribution in [0.2, 0.25) is 0 Å². The van der Waals surface area contributed by atoms with E-state index < -0.39 is 6.09 Å². The van der Waals surface area contributed by atoms with E-state index in [1.807, 2.05) is 18.0 Å². The van der Waals surface area contributed by atoms with Crippen LogP contribution in [0.5, 0.6) is 0 Å². The van der Waals surface area contributed by atoms with Crippen molar-refractivity contribution < 1.29 is 14.3 Å². The molecule has 3 aliphatic rings. The lowest BCUT2D eigenvalue weighted by molar-refractivity contribution is 0.0745. The molecule has 0 radical (unpaired) electrons. The highest BCUT2D eigenvalue weighted by atomic mass is 35.5. The first-order valence-corrected chi connectivity index (χ1v) is 10.9. The lowest BCUT2D eigenvalue weighted by atomic mass is 10.1. The molecule has 2 aromatic rings. The van der Waals surface area contributed by atoms with Gasteiger partial charge in [0, 0.05) is 38.6 Å². The van der Waals surface area contributed by atoms with Gasteiger partial charge in [-0.05, 0) is 55.4 Å². The average Bonchev–Trinajstić information content (AvgIpc) is 3.54. The molecule has 1 aliphatic carbocycles. The van der Waals surface area contributed by atoms with Gasteiger partial charge in [0.05, 0.1) is 12.1 Å². The molecule has 2 saturated heterocycles. The number of piperazine rings is 1. The van der Waals surface area contributed by atoms with Gasteiger partial charge in [-0.25, -0.2) is 14.8 Å². The number of amides is 2. The molecule has 2 amide bonds. The Morgan fingerprint density at radius 2 is 1.75 bits per heavy atom. The van der Waals surface area contributed by atoms with Crippen molar-refractivity contribution >= 4 is 36.0 Å². The van der Waals surface area contributed by atoms with Gasteiger partial charge in [-0.3, -0.25) is 9.69 Å². The summed E-state index contributed by atoms with van der Waals surface area (Å²) in [6, 6.07) is 4.05. The van der Waals surface area contributed by atoms with Gasteiger partial charge in [0.2, 0.25) is 0 Å². The Labute approximate surface area is 194 Å². The molecule has 2 aromatic heterocycles. The van der Waals surface area contributed by atoms with Gasteiger partial charge in [0.25, 0.3) is 5.91 Å². The summed E-state index contributed by atoms with van der Waals surface area (Å²) < 4.78 is 4.97. The molecule has 9 heteroatoms. The lowest BCUT2D eigenvalue weighted by Gasteiger charge is -2.36. The minimum atomic E-state index is -0.392. The highest BCUT2D eigenvalue weighted by Gasteiger charge is 2.29.